The third-order valence-corrected chi connectivity index (χ3v) is 4.50. The molecule has 3 rings (SSSR count). The van der Waals surface area contributed by atoms with Crippen LogP contribution in [0.5, 0.6) is 0 Å². The molecule has 0 N–H and O–H groups in total. The summed E-state index contributed by atoms with van der Waals surface area (Å²) in [6.45, 7) is 3.42. The number of benzene rings is 2. The van der Waals surface area contributed by atoms with E-state index < -0.39 is 0 Å². The molecule has 0 spiro atoms. The van der Waals surface area contributed by atoms with Crippen LogP contribution >= 0.6 is 0 Å². The number of likely N-dealkylation sites (N-methyl/N-ethyl adjacent to an activating group) is 1. The van der Waals surface area contributed by atoms with Gasteiger partial charge < -0.3 is 9.80 Å². The highest BCUT2D eigenvalue weighted by atomic mass is 16.2. The van der Waals surface area contributed by atoms with Gasteiger partial charge in [0.1, 0.15) is 0 Å². The van der Waals surface area contributed by atoms with Crippen LogP contribution in [0.15, 0.2) is 48.5 Å². The lowest BCUT2D eigenvalue weighted by atomic mass is 9.95. The van der Waals surface area contributed by atoms with Gasteiger partial charge in [-0.25, -0.2) is 0 Å². The van der Waals surface area contributed by atoms with Crippen LogP contribution in [0.2, 0.25) is 0 Å². The first-order valence-corrected chi connectivity index (χ1v) is 8.27. The molecule has 4 heteroatoms. The second-order valence-electron chi connectivity index (χ2n) is 6.15. The molecule has 0 atom stereocenters. The van der Waals surface area contributed by atoms with Crippen LogP contribution < -0.4 is 0 Å². The molecule has 0 aliphatic carbocycles. The molecule has 0 radical (unpaired) electrons. The highest BCUT2D eigenvalue weighted by molar-refractivity contribution is 6.01. The van der Waals surface area contributed by atoms with Gasteiger partial charge in [0.15, 0.2) is 0 Å². The molecule has 1 aliphatic heterocycles. The van der Waals surface area contributed by atoms with Gasteiger partial charge in [-0.2, -0.15) is 5.26 Å². The Morgan fingerprint density at radius 3 is 2.46 bits per heavy atom. The Labute approximate surface area is 142 Å². The molecule has 2 aromatic rings. The van der Waals surface area contributed by atoms with Crippen LogP contribution in [0, 0.1) is 11.3 Å². The average molecular weight is 319 g/mol. The maximum atomic E-state index is 13.1. The van der Waals surface area contributed by atoms with Gasteiger partial charge >= 0.3 is 0 Å². The van der Waals surface area contributed by atoms with E-state index in [1.165, 1.54) is 0 Å². The number of amides is 1. The molecule has 1 fully saturated rings. The summed E-state index contributed by atoms with van der Waals surface area (Å²) in [4.78, 5) is 17.3. The molecule has 0 aromatic heterocycles. The van der Waals surface area contributed by atoms with E-state index in [1.54, 1.807) is 6.07 Å². The molecular formula is C20H21N3O. The number of hydrogen-bond acceptors (Lipinski definition) is 3. The SMILES string of the molecule is CN1CCCN(C(=O)c2ccccc2-c2ccccc2C#N)CC1. The maximum Gasteiger partial charge on any atom is 0.254 e. The van der Waals surface area contributed by atoms with Crippen molar-refractivity contribution in [2.24, 2.45) is 0 Å². The minimum absolute atomic E-state index is 0.0497. The summed E-state index contributed by atoms with van der Waals surface area (Å²) in [5.41, 5.74) is 2.91. The zero-order valence-electron chi connectivity index (χ0n) is 13.9. The van der Waals surface area contributed by atoms with E-state index in [1.807, 2.05) is 47.4 Å². The van der Waals surface area contributed by atoms with Crippen LogP contribution in [-0.2, 0) is 0 Å². The predicted octanol–water partition coefficient (Wildman–Crippen LogP) is 3.00. The van der Waals surface area contributed by atoms with Gasteiger partial charge in [0.25, 0.3) is 5.91 Å². The molecule has 4 nitrogen and oxygen atoms in total. The quantitative estimate of drug-likeness (QED) is 0.855. The van der Waals surface area contributed by atoms with Crippen molar-refractivity contribution in [3.63, 3.8) is 0 Å². The fourth-order valence-corrected chi connectivity index (χ4v) is 3.14. The largest absolute Gasteiger partial charge is 0.337 e. The Balaban J connectivity index is 1.98. The van der Waals surface area contributed by atoms with Crippen LogP contribution in [0.4, 0.5) is 0 Å². The van der Waals surface area contributed by atoms with E-state index in [9.17, 15) is 10.1 Å². The molecule has 1 heterocycles. The summed E-state index contributed by atoms with van der Waals surface area (Å²) in [5, 5.41) is 9.37. The zero-order chi connectivity index (χ0) is 16.9. The third kappa shape index (κ3) is 3.32. The second-order valence-corrected chi connectivity index (χ2v) is 6.15. The van der Waals surface area contributed by atoms with E-state index in [2.05, 4.69) is 18.0 Å². The van der Waals surface area contributed by atoms with Gasteiger partial charge in [-0.15, -0.1) is 0 Å². The summed E-state index contributed by atoms with van der Waals surface area (Å²) in [6.07, 6.45) is 0.985. The van der Waals surface area contributed by atoms with Crippen molar-refractivity contribution in [2.75, 3.05) is 33.2 Å². The first-order valence-electron chi connectivity index (χ1n) is 8.27. The van der Waals surface area contributed by atoms with Crippen molar-refractivity contribution in [3.05, 3.63) is 59.7 Å². The molecule has 24 heavy (non-hydrogen) atoms. The second kappa shape index (κ2) is 7.29. The van der Waals surface area contributed by atoms with E-state index in [4.69, 9.17) is 0 Å². The monoisotopic (exact) mass is 319 g/mol. The van der Waals surface area contributed by atoms with Gasteiger partial charge in [-0.3, -0.25) is 4.79 Å². The molecule has 2 aromatic carbocycles. The Morgan fingerprint density at radius 2 is 1.67 bits per heavy atom. The first-order chi connectivity index (χ1) is 11.7. The molecule has 1 aliphatic rings. The Hall–Kier alpha value is -2.64. The fourth-order valence-electron chi connectivity index (χ4n) is 3.14. The maximum absolute atomic E-state index is 13.1. The topological polar surface area (TPSA) is 47.3 Å². The molecule has 1 saturated heterocycles. The number of nitrogens with zero attached hydrogens (tertiary/aromatic N) is 3. The molecular weight excluding hydrogens is 298 g/mol. The minimum Gasteiger partial charge on any atom is -0.337 e. The highest BCUT2D eigenvalue weighted by Gasteiger charge is 2.22. The van der Waals surface area contributed by atoms with Crippen molar-refractivity contribution in [3.8, 4) is 17.2 Å². The van der Waals surface area contributed by atoms with E-state index >= 15 is 0 Å². The third-order valence-electron chi connectivity index (χ3n) is 4.50. The smallest absolute Gasteiger partial charge is 0.254 e. The lowest BCUT2D eigenvalue weighted by Gasteiger charge is -2.22. The lowest BCUT2D eigenvalue weighted by molar-refractivity contribution is 0.0763. The highest BCUT2D eigenvalue weighted by Crippen LogP contribution is 2.28. The van der Waals surface area contributed by atoms with Crippen LogP contribution in [0.3, 0.4) is 0 Å². The van der Waals surface area contributed by atoms with Crippen molar-refractivity contribution in [2.45, 2.75) is 6.42 Å². The van der Waals surface area contributed by atoms with Gasteiger partial charge in [-0.1, -0.05) is 36.4 Å². The molecule has 1 amide bonds. The van der Waals surface area contributed by atoms with Gasteiger partial charge in [-0.05, 0) is 37.7 Å². The Morgan fingerprint density at radius 1 is 0.958 bits per heavy atom. The number of hydrogen-bond donors (Lipinski definition) is 0. The number of rotatable bonds is 2. The fraction of sp³-hybridized carbons (Fsp3) is 0.300. The van der Waals surface area contributed by atoms with Gasteiger partial charge in [0.05, 0.1) is 11.6 Å². The van der Waals surface area contributed by atoms with Crippen molar-refractivity contribution in [1.29, 1.82) is 5.26 Å². The van der Waals surface area contributed by atoms with Crippen molar-refractivity contribution < 1.29 is 4.79 Å². The van der Waals surface area contributed by atoms with E-state index in [0.717, 1.165) is 43.7 Å². The van der Waals surface area contributed by atoms with Crippen LogP contribution in [0.25, 0.3) is 11.1 Å². The Kier molecular flexibility index (Phi) is 4.93. The first kappa shape index (κ1) is 16.2. The van der Waals surface area contributed by atoms with Crippen molar-refractivity contribution in [1.82, 2.24) is 9.80 Å². The van der Waals surface area contributed by atoms with Gasteiger partial charge in [0, 0.05) is 30.8 Å². The number of carbonyl (C=O) groups is 1. The molecule has 122 valence electrons. The van der Waals surface area contributed by atoms with Crippen LogP contribution in [0.1, 0.15) is 22.3 Å². The number of carbonyl (C=O) groups excluding carboxylic acids is 1. The van der Waals surface area contributed by atoms with Crippen LogP contribution in [-0.4, -0.2) is 48.9 Å². The molecule has 0 unspecified atom stereocenters. The summed E-state index contributed by atoms with van der Waals surface area (Å²) in [5.74, 6) is 0.0497. The average Bonchev–Trinajstić information content (AvgIpc) is 2.85. The normalized spacial score (nSPS) is 15.6. The lowest BCUT2D eigenvalue weighted by Crippen LogP contribution is -2.34. The minimum atomic E-state index is 0.0497. The Bertz CT molecular complexity index is 778. The zero-order valence-corrected chi connectivity index (χ0v) is 13.9. The predicted molar refractivity (Wildman–Crippen MR) is 94.6 cm³/mol. The molecule has 0 saturated carbocycles. The van der Waals surface area contributed by atoms with E-state index in [-0.39, 0.29) is 5.91 Å². The van der Waals surface area contributed by atoms with Gasteiger partial charge in [0.2, 0.25) is 0 Å². The number of nitriles is 1. The van der Waals surface area contributed by atoms with Crippen molar-refractivity contribution >= 4 is 5.91 Å². The molecule has 0 bridgehead atoms. The summed E-state index contributed by atoms with van der Waals surface area (Å²) >= 11 is 0. The summed E-state index contributed by atoms with van der Waals surface area (Å²) < 4.78 is 0. The summed E-state index contributed by atoms with van der Waals surface area (Å²) in [6, 6.07) is 17.2. The van der Waals surface area contributed by atoms with E-state index in [0.29, 0.717) is 11.1 Å². The standard InChI is InChI=1S/C20H21N3O/c1-22-11-6-12-23(14-13-22)20(24)19-10-5-4-9-18(19)17-8-3-2-7-16(17)15-21/h2-5,7-10H,6,11-14H2,1H3. The summed E-state index contributed by atoms with van der Waals surface area (Å²) in [7, 11) is 2.09.